The van der Waals surface area contributed by atoms with Gasteiger partial charge in [0.2, 0.25) is 15.9 Å². The second kappa shape index (κ2) is 11.7. The number of nitrogens with two attached hydrogens (primary N) is 1. The van der Waals surface area contributed by atoms with Gasteiger partial charge in [-0.25, -0.2) is 13.4 Å². The molecule has 2 aromatic heterocycles. The molecular formula is C25H32ClN5O4S. The van der Waals surface area contributed by atoms with Crippen LogP contribution in [0.4, 0.5) is 11.5 Å². The molecule has 36 heavy (non-hydrogen) atoms. The zero-order valence-corrected chi connectivity index (χ0v) is 21.8. The van der Waals surface area contributed by atoms with Crippen molar-refractivity contribution in [1.82, 2.24) is 14.9 Å². The maximum absolute atomic E-state index is 13.0. The molecule has 194 valence electrons. The summed E-state index contributed by atoms with van der Waals surface area (Å²) < 4.78 is 29.0. The SMILES string of the molecule is Cc1ccc(NS(=O)(=O)CC2CCCCC2)c(=O)n1CC(=O)NCc1ccc2c(N)nccc2c1.Cl. The molecule has 0 saturated heterocycles. The molecule has 0 atom stereocenters. The summed E-state index contributed by atoms with van der Waals surface area (Å²) in [5.41, 5.74) is 6.74. The second-order valence-electron chi connectivity index (χ2n) is 9.20. The van der Waals surface area contributed by atoms with E-state index < -0.39 is 15.6 Å². The molecule has 3 aromatic rings. The van der Waals surface area contributed by atoms with Crippen LogP contribution in [0.25, 0.3) is 10.8 Å². The number of nitrogens with one attached hydrogen (secondary N) is 2. The number of sulfonamides is 1. The van der Waals surface area contributed by atoms with E-state index in [1.54, 1.807) is 19.2 Å². The molecule has 1 saturated carbocycles. The summed E-state index contributed by atoms with van der Waals surface area (Å²) in [4.78, 5) is 29.7. The van der Waals surface area contributed by atoms with Gasteiger partial charge in [-0.15, -0.1) is 12.4 Å². The van der Waals surface area contributed by atoms with E-state index in [0.29, 0.717) is 11.5 Å². The number of nitrogens with zero attached hydrogens (tertiary/aromatic N) is 2. The molecule has 11 heteroatoms. The molecule has 1 aliphatic carbocycles. The fraction of sp³-hybridized carbons (Fsp3) is 0.400. The molecule has 0 spiro atoms. The van der Waals surface area contributed by atoms with Crippen molar-refractivity contribution in [2.24, 2.45) is 5.92 Å². The van der Waals surface area contributed by atoms with Gasteiger partial charge in [0.1, 0.15) is 18.1 Å². The highest BCUT2D eigenvalue weighted by atomic mass is 35.5. The van der Waals surface area contributed by atoms with Crippen molar-refractivity contribution in [1.29, 1.82) is 0 Å². The first-order chi connectivity index (χ1) is 16.7. The predicted octanol–water partition coefficient (Wildman–Crippen LogP) is 3.35. The fourth-order valence-electron chi connectivity index (χ4n) is 4.58. The number of nitrogen functional groups attached to an aromatic ring is 1. The second-order valence-corrected chi connectivity index (χ2v) is 11.0. The Morgan fingerprint density at radius 1 is 1.14 bits per heavy atom. The number of amides is 1. The van der Waals surface area contributed by atoms with Crippen LogP contribution in [0.2, 0.25) is 0 Å². The van der Waals surface area contributed by atoms with Crippen molar-refractivity contribution in [2.45, 2.75) is 52.1 Å². The highest BCUT2D eigenvalue weighted by Crippen LogP contribution is 2.25. The predicted molar refractivity (Wildman–Crippen MR) is 145 cm³/mol. The van der Waals surface area contributed by atoms with Gasteiger partial charge in [-0.05, 0) is 60.9 Å². The lowest BCUT2D eigenvalue weighted by molar-refractivity contribution is -0.121. The molecule has 0 unspecified atom stereocenters. The van der Waals surface area contributed by atoms with E-state index in [1.165, 1.54) is 10.6 Å². The largest absolute Gasteiger partial charge is 0.383 e. The van der Waals surface area contributed by atoms with Gasteiger partial charge < -0.3 is 15.6 Å². The third-order valence-electron chi connectivity index (χ3n) is 6.49. The van der Waals surface area contributed by atoms with Crippen LogP contribution in [-0.2, 0) is 27.9 Å². The van der Waals surface area contributed by atoms with Crippen LogP contribution >= 0.6 is 12.4 Å². The van der Waals surface area contributed by atoms with E-state index in [4.69, 9.17) is 5.73 Å². The van der Waals surface area contributed by atoms with Crippen molar-refractivity contribution < 1.29 is 13.2 Å². The Kier molecular flexibility index (Phi) is 8.97. The molecule has 0 aliphatic heterocycles. The molecule has 0 bridgehead atoms. The first kappa shape index (κ1) is 27.5. The third kappa shape index (κ3) is 6.76. The minimum atomic E-state index is -3.66. The number of halogens is 1. The van der Waals surface area contributed by atoms with E-state index >= 15 is 0 Å². The summed E-state index contributed by atoms with van der Waals surface area (Å²) in [6.07, 6.45) is 6.63. The number of hydrogen-bond acceptors (Lipinski definition) is 6. The van der Waals surface area contributed by atoms with Crippen LogP contribution in [-0.4, -0.2) is 29.6 Å². The van der Waals surface area contributed by atoms with E-state index in [9.17, 15) is 18.0 Å². The Balaban J connectivity index is 0.00000361. The summed E-state index contributed by atoms with van der Waals surface area (Å²) in [6.45, 7) is 1.77. The highest BCUT2D eigenvalue weighted by molar-refractivity contribution is 7.92. The highest BCUT2D eigenvalue weighted by Gasteiger charge is 2.22. The summed E-state index contributed by atoms with van der Waals surface area (Å²) in [6, 6.07) is 10.6. The lowest BCUT2D eigenvalue weighted by atomic mass is 9.91. The number of aryl methyl sites for hydroxylation is 1. The van der Waals surface area contributed by atoms with Gasteiger partial charge in [0, 0.05) is 23.8 Å². The van der Waals surface area contributed by atoms with Crippen LogP contribution in [0.5, 0.6) is 0 Å². The molecule has 1 aliphatic rings. The van der Waals surface area contributed by atoms with E-state index in [2.05, 4.69) is 15.0 Å². The van der Waals surface area contributed by atoms with Crippen LogP contribution in [0.15, 0.2) is 47.4 Å². The average molecular weight is 534 g/mol. The quantitative estimate of drug-likeness (QED) is 0.406. The zero-order valence-electron chi connectivity index (χ0n) is 20.2. The number of carbonyl (C=O) groups is 1. The van der Waals surface area contributed by atoms with Crippen LogP contribution in [0.3, 0.4) is 0 Å². The van der Waals surface area contributed by atoms with Crippen LogP contribution in [0, 0.1) is 12.8 Å². The van der Waals surface area contributed by atoms with Crippen molar-refractivity contribution >= 4 is 50.6 Å². The molecule has 1 aromatic carbocycles. The number of rotatable bonds is 8. The standard InChI is InChI=1S/C25H31N5O4S.ClH/c1-17-7-10-22(29-35(33,34)16-18-5-3-2-4-6-18)25(32)30(17)15-23(31)28-14-19-8-9-21-20(13-19)11-12-27-24(21)26;/h7-13,18,29H,2-6,14-16H2,1H3,(H2,26,27)(H,28,31);1H. The van der Waals surface area contributed by atoms with E-state index in [1.807, 2.05) is 24.3 Å². The Morgan fingerprint density at radius 3 is 2.64 bits per heavy atom. The first-order valence-corrected chi connectivity index (χ1v) is 13.5. The van der Waals surface area contributed by atoms with Gasteiger partial charge >= 0.3 is 0 Å². The average Bonchev–Trinajstić information content (AvgIpc) is 2.82. The van der Waals surface area contributed by atoms with E-state index in [-0.39, 0.29) is 48.8 Å². The minimum absolute atomic E-state index is 0. The molecule has 9 nitrogen and oxygen atoms in total. The maximum atomic E-state index is 13.0. The Hall–Kier alpha value is -3.11. The normalized spacial score (nSPS) is 14.2. The smallest absolute Gasteiger partial charge is 0.275 e. The number of fused-ring (bicyclic) bond motifs is 1. The first-order valence-electron chi connectivity index (χ1n) is 11.8. The third-order valence-corrected chi connectivity index (χ3v) is 7.93. The molecule has 4 N–H and O–H groups in total. The van der Waals surface area contributed by atoms with Crippen molar-refractivity contribution in [2.75, 3.05) is 16.2 Å². The summed E-state index contributed by atoms with van der Waals surface area (Å²) in [5, 5.41) is 4.58. The van der Waals surface area contributed by atoms with E-state index in [0.717, 1.165) is 48.4 Å². The lowest BCUT2D eigenvalue weighted by Gasteiger charge is -2.21. The van der Waals surface area contributed by atoms with Gasteiger partial charge in [0.25, 0.3) is 5.56 Å². The van der Waals surface area contributed by atoms with Gasteiger partial charge in [-0.2, -0.15) is 0 Å². The molecule has 1 amide bonds. The number of pyridine rings is 2. The Labute approximate surface area is 217 Å². The molecule has 1 fully saturated rings. The summed E-state index contributed by atoms with van der Waals surface area (Å²) in [7, 11) is -3.66. The van der Waals surface area contributed by atoms with Gasteiger partial charge in [0.05, 0.1) is 5.75 Å². The molecule has 0 radical (unpaired) electrons. The van der Waals surface area contributed by atoms with Gasteiger partial charge in [0.15, 0.2) is 0 Å². The number of aromatic nitrogens is 2. The summed E-state index contributed by atoms with van der Waals surface area (Å²) in [5.74, 6) is 0.213. The molecule has 4 rings (SSSR count). The van der Waals surface area contributed by atoms with Crippen LogP contribution < -0.4 is 21.3 Å². The topological polar surface area (TPSA) is 136 Å². The minimum Gasteiger partial charge on any atom is -0.383 e. The lowest BCUT2D eigenvalue weighted by Crippen LogP contribution is -2.35. The molecule has 2 heterocycles. The monoisotopic (exact) mass is 533 g/mol. The van der Waals surface area contributed by atoms with Crippen LogP contribution in [0.1, 0.15) is 43.4 Å². The Bertz CT molecular complexity index is 1400. The number of hydrogen-bond donors (Lipinski definition) is 3. The number of anilines is 2. The fourth-order valence-corrected chi connectivity index (χ4v) is 6.11. The van der Waals surface area contributed by atoms with Gasteiger partial charge in [-0.1, -0.05) is 31.4 Å². The van der Waals surface area contributed by atoms with Gasteiger partial charge in [-0.3, -0.25) is 14.3 Å². The summed E-state index contributed by atoms with van der Waals surface area (Å²) >= 11 is 0. The van der Waals surface area contributed by atoms with Crippen molar-refractivity contribution in [3.8, 4) is 0 Å². The Morgan fingerprint density at radius 2 is 1.89 bits per heavy atom. The number of carbonyl (C=O) groups excluding carboxylic acids is 1. The van der Waals surface area contributed by atoms with Crippen molar-refractivity contribution in [3.05, 3.63) is 64.2 Å². The van der Waals surface area contributed by atoms with Crippen molar-refractivity contribution in [3.63, 3.8) is 0 Å². The molecular weight excluding hydrogens is 502 g/mol. The zero-order chi connectivity index (χ0) is 25.0. The number of benzene rings is 1. The maximum Gasteiger partial charge on any atom is 0.275 e.